The molecule has 1 aliphatic rings. The third kappa shape index (κ3) is 2.66. The number of aromatic nitrogens is 5. The fourth-order valence-corrected chi connectivity index (χ4v) is 3.03. The van der Waals surface area contributed by atoms with Crippen molar-refractivity contribution in [3.05, 3.63) is 17.5 Å². The molecule has 0 aliphatic carbocycles. The second-order valence-corrected chi connectivity index (χ2v) is 5.50. The minimum Gasteiger partial charge on any atom is -0.377 e. The Morgan fingerprint density at radius 2 is 2.30 bits per heavy atom. The fraction of sp³-hybridized carbons (Fsp3) is 0.667. The average molecular weight is 294 g/mol. The minimum absolute atomic E-state index is 0.152. The van der Waals surface area contributed by atoms with Crippen LogP contribution in [0, 0.1) is 0 Å². The van der Waals surface area contributed by atoms with E-state index in [0.717, 1.165) is 48.4 Å². The molecule has 0 aromatic carbocycles. The SMILES string of the molecule is CCc1nsc(N[C@H]2CCCn3nc(COC)nc32)n1. The van der Waals surface area contributed by atoms with Crippen LogP contribution in [0.3, 0.4) is 0 Å². The fourth-order valence-electron chi connectivity index (χ4n) is 2.33. The van der Waals surface area contributed by atoms with Crippen molar-refractivity contribution in [3.8, 4) is 0 Å². The largest absolute Gasteiger partial charge is 0.377 e. The molecule has 8 heteroatoms. The Bertz CT molecular complexity index is 580. The molecule has 20 heavy (non-hydrogen) atoms. The molecule has 0 fully saturated rings. The molecule has 0 spiro atoms. The van der Waals surface area contributed by atoms with E-state index >= 15 is 0 Å². The molecule has 1 N–H and O–H groups in total. The van der Waals surface area contributed by atoms with Crippen LogP contribution in [0.2, 0.25) is 0 Å². The standard InChI is InChI=1S/C12H18N6OS/c1-3-9-15-12(20-17-9)13-8-5-4-6-18-11(8)14-10(16-18)7-19-2/h8H,3-7H2,1-2H3,(H,13,15,17)/t8-/m0/s1. The van der Waals surface area contributed by atoms with Gasteiger partial charge in [0.15, 0.2) is 5.82 Å². The van der Waals surface area contributed by atoms with E-state index in [4.69, 9.17) is 4.74 Å². The van der Waals surface area contributed by atoms with Crippen molar-refractivity contribution >= 4 is 16.7 Å². The van der Waals surface area contributed by atoms with Gasteiger partial charge in [-0.1, -0.05) is 6.92 Å². The van der Waals surface area contributed by atoms with Gasteiger partial charge in [0, 0.05) is 31.6 Å². The molecule has 0 unspecified atom stereocenters. The van der Waals surface area contributed by atoms with Crippen LogP contribution in [-0.4, -0.2) is 31.2 Å². The molecule has 3 rings (SSSR count). The van der Waals surface area contributed by atoms with Gasteiger partial charge in [-0.3, -0.25) is 0 Å². The summed E-state index contributed by atoms with van der Waals surface area (Å²) in [6.45, 7) is 3.42. The van der Waals surface area contributed by atoms with Crippen molar-refractivity contribution in [2.45, 2.75) is 45.4 Å². The van der Waals surface area contributed by atoms with E-state index in [1.165, 1.54) is 11.5 Å². The second-order valence-electron chi connectivity index (χ2n) is 4.75. The first-order valence-corrected chi connectivity index (χ1v) is 7.59. The third-order valence-electron chi connectivity index (χ3n) is 3.27. The zero-order chi connectivity index (χ0) is 13.9. The summed E-state index contributed by atoms with van der Waals surface area (Å²) in [7, 11) is 1.66. The molecule has 2 aromatic heterocycles. The summed E-state index contributed by atoms with van der Waals surface area (Å²) >= 11 is 1.41. The Balaban J connectivity index is 1.78. The van der Waals surface area contributed by atoms with Gasteiger partial charge in [0.05, 0.1) is 6.04 Å². The second kappa shape index (κ2) is 5.84. The summed E-state index contributed by atoms with van der Waals surface area (Å²) in [4.78, 5) is 9.02. The van der Waals surface area contributed by atoms with Crippen LogP contribution >= 0.6 is 11.5 Å². The van der Waals surface area contributed by atoms with Crippen molar-refractivity contribution in [1.29, 1.82) is 0 Å². The lowest BCUT2D eigenvalue weighted by Gasteiger charge is -2.22. The molecule has 0 saturated carbocycles. The van der Waals surface area contributed by atoms with E-state index in [0.29, 0.717) is 6.61 Å². The van der Waals surface area contributed by atoms with Gasteiger partial charge in [-0.25, -0.2) is 14.6 Å². The van der Waals surface area contributed by atoms with Crippen LogP contribution in [0.4, 0.5) is 5.13 Å². The Labute approximate surface area is 121 Å². The number of hydrogen-bond donors (Lipinski definition) is 1. The number of fused-ring (bicyclic) bond motifs is 1. The van der Waals surface area contributed by atoms with Gasteiger partial charge in [-0.2, -0.15) is 9.47 Å². The van der Waals surface area contributed by atoms with Crippen molar-refractivity contribution in [3.63, 3.8) is 0 Å². The number of ether oxygens (including phenoxy) is 1. The van der Waals surface area contributed by atoms with Gasteiger partial charge < -0.3 is 10.1 Å². The molecule has 0 saturated heterocycles. The number of aryl methyl sites for hydroxylation is 2. The minimum atomic E-state index is 0.152. The van der Waals surface area contributed by atoms with Crippen LogP contribution in [0.5, 0.6) is 0 Å². The molecule has 3 heterocycles. The highest BCUT2D eigenvalue weighted by Crippen LogP contribution is 2.28. The zero-order valence-electron chi connectivity index (χ0n) is 11.7. The molecule has 2 aromatic rings. The van der Waals surface area contributed by atoms with Crippen LogP contribution in [0.15, 0.2) is 0 Å². The lowest BCUT2D eigenvalue weighted by Crippen LogP contribution is -2.22. The van der Waals surface area contributed by atoms with E-state index in [9.17, 15) is 0 Å². The molecule has 7 nitrogen and oxygen atoms in total. The first-order chi connectivity index (χ1) is 9.80. The third-order valence-corrected chi connectivity index (χ3v) is 3.96. The number of hydrogen-bond acceptors (Lipinski definition) is 7. The van der Waals surface area contributed by atoms with Crippen LogP contribution in [0.25, 0.3) is 0 Å². The number of anilines is 1. The lowest BCUT2D eigenvalue weighted by molar-refractivity contribution is 0.177. The van der Waals surface area contributed by atoms with Crippen LogP contribution in [-0.2, 0) is 24.3 Å². The monoisotopic (exact) mass is 294 g/mol. The van der Waals surface area contributed by atoms with E-state index in [1.807, 2.05) is 4.68 Å². The quantitative estimate of drug-likeness (QED) is 0.905. The maximum Gasteiger partial charge on any atom is 0.203 e. The highest BCUT2D eigenvalue weighted by Gasteiger charge is 2.25. The van der Waals surface area contributed by atoms with Gasteiger partial charge in [-0.05, 0) is 12.8 Å². The summed E-state index contributed by atoms with van der Waals surface area (Å²) in [5.74, 6) is 2.59. The van der Waals surface area contributed by atoms with Crippen molar-refractivity contribution in [1.82, 2.24) is 24.1 Å². The molecule has 0 radical (unpaired) electrons. The molecule has 1 atom stereocenters. The van der Waals surface area contributed by atoms with E-state index in [1.54, 1.807) is 7.11 Å². The normalized spacial score (nSPS) is 18.0. The van der Waals surface area contributed by atoms with Crippen molar-refractivity contribution < 1.29 is 4.74 Å². The highest BCUT2D eigenvalue weighted by atomic mass is 32.1. The number of methoxy groups -OCH3 is 1. The Morgan fingerprint density at radius 1 is 1.40 bits per heavy atom. The maximum atomic E-state index is 5.10. The van der Waals surface area contributed by atoms with E-state index in [-0.39, 0.29) is 6.04 Å². The first-order valence-electron chi connectivity index (χ1n) is 6.81. The van der Waals surface area contributed by atoms with Gasteiger partial charge in [-0.15, -0.1) is 0 Å². The predicted molar refractivity (Wildman–Crippen MR) is 75.6 cm³/mol. The first kappa shape index (κ1) is 13.4. The summed E-state index contributed by atoms with van der Waals surface area (Å²) in [6.07, 6.45) is 2.98. The van der Waals surface area contributed by atoms with Crippen LogP contribution < -0.4 is 5.32 Å². The summed E-state index contributed by atoms with van der Waals surface area (Å²) in [5, 5.41) is 8.75. The average Bonchev–Trinajstić information content (AvgIpc) is 3.06. The van der Waals surface area contributed by atoms with Crippen LogP contribution in [0.1, 0.15) is 43.3 Å². The molecule has 0 amide bonds. The summed E-state index contributed by atoms with van der Waals surface area (Å²) in [5.41, 5.74) is 0. The molecular weight excluding hydrogens is 276 g/mol. The Hall–Kier alpha value is -1.54. The Kier molecular flexibility index (Phi) is 3.93. The molecule has 108 valence electrons. The molecular formula is C12H18N6OS. The lowest BCUT2D eigenvalue weighted by atomic mass is 10.1. The van der Waals surface area contributed by atoms with Crippen molar-refractivity contribution in [2.24, 2.45) is 0 Å². The van der Waals surface area contributed by atoms with Gasteiger partial charge in [0.2, 0.25) is 5.13 Å². The van der Waals surface area contributed by atoms with Gasteiger partial charge in [0.1, 0.15) is 18.3 Å². The zero-order valence-corrected chi connectivity index (χ0v) is 12.5. The number of nitrogens with zero attached hydrogens (tertiary/aromatic N) is 5. The maximum absolute atomic E-state index is 5.10. The van der Waals surface area contributed by atoms with Crippen molar-refractivity contribution in [2.75, 3.05) is 12.4 Å². The van der Waals surface area contributed by atoms with Gasteiger partial charge in [0.25, 0.3) is 0 Å². The van der Waals surface area contributed by atoms with E-state index < -0.39 is 0 Å². The highest BCUT2D eigenvalue weighted by molar-refractivity contribution is 7.09. The molecule has 0 bridgehead atoms. The predicted octanol–water partition coefficient (Wildman–Crippen LogP) is 1.79. The number of rotatable bonds is 5. The number of nitrogens with one attached hydrogen (secondary N) is 1. The van der Waals surface area contributed by atoms with E-state index in [2.05, 4.69) is 31.7 Å². The Morgan fingerprint density at radius 3 is 3.05 bits per heavy atom. The summed E-state index contributed by atoms with van der Waals surface area (Å²) < 4.78 is 11.4. The molecule has 1 aliphatic heterocycles. The smallest absolute Gasteiger partial charge is 0.203 e. The van der Waals surface area contributed by atoms with Gasteiger partial charge >= 0.3 is 0 Å². The summed E-state index contributed by atoms with van der Waals surface area (Å²) in [6, 6.07) is 0.152. The topological polar surface area (TPSA) is 77.8 Å².